The zero-order valence-electron chi connectivity index (χ0n) is 8.00. The summed E-state index contributed by atoms with van der Waals surface area (Å²) < 4.78 is 5.26. The van der Waals surface area contributed by atoms with E-state index < -0.39 is 9.76 Å². The molecule has 0 heterocycles. The van der Waals surface area contributed by atoms with Crippen molar-refractivity contribution in [2.45, 2.75) is 19.8 Å². The Balaban J connectivity index is 2.92. The molecule has 0 bridgehead atoms. The zero-order chi connectivity index (χ0) is 8.97. The van der Waals surface area contributed by atoms with Gasteiger partial charge in [-0.2, -0.15) is 0 Å². The fourth-order valence-electron chi connectivity index (χ4n) is 1.38. The average Bonchev–Trinajstić information content (AvgIpc) is 2.05. The predicted octanol–water partition coefficient (Wildman–Crippen LogP) is 1.17. The molecule has 1 aromatic rings. The maximum Gasteiger partial charge on any atom is 0.191 e. The highest BCUT2D eigenvalue weighted by Crippen LogP contribution is 2.10. The predicted molar refractivity (Wildman–Crippen MR) is 55.7 cm³/mol. The Morgan fingerprint density at radius 1 is 1.25 bits per heavy atom. The highest BCUT2D eigenvalue weighted by Gasteiger charge is 2.04. The van der Waals surface area contributed by atoms with Gasteiger partial charge in [-0.15, -0.1) is 0 Å². The summed E-state index contributed by atoms with van der Waals surface area (Å²) in [5.41, 5.74) is 1.45. The first-order chi connectivity index (χ1) is 5.75. The molecule has 1 aromatic carbocycles. The Hall–Kier alpha value is -0.603. The molecule has 0 unspecified atom stereocenters. The van der Waals surface area contributed by atoms with Crippen LogP contribution in [0, 0.1) is 0 Å². The van der Waals surface area contributed by atoms with Crippen molar-refractivity contribution in [2.24, 2.45) is 0 Å². The summed E-state index contributed by atoms with van der Waals surface area (Å²) >= 11 is 0. The maximum atomic E-state index is 5.26. The minimum atomic E-state index is -0.473. The van der Waals surface area contributed by atoms with E-state index in [0.717, 1.165) is 0 Å². The van der Waals surface area contributed by atoms with Crippen LogP contribution in [-0.4, -0.2) is 16.9 Å². The van der Waals surface area contributed by atoms with Crippen molar-refractivity contribution in [3.63, 3.8) is 0 Å². The molecule has 0 radical (unpaired) electrons. The van der Waals surface area contributed by atoms with E-state index in [4.69, 9.17) is 4.43 Å². The maximum absolute atomic E-state index is 5.26. The molecule has 0 saturated heterocycles. The van der Waals surface area contributed by atoms with Gasteiger partial charge in [-0.25, -0.2) is 0 Å². The lowest BCUT2D eigenvalue weighted by Gasteiger charge is -2.10. The van der Waals surface area contributed by atoms with Crippen LogP contribution in [0.4, 0.5) is 0 Å². The van der Waals surface area contributed by atoms with Crippen molar-refractivity contribution in [2.75, 3.05) is 7.11 Å². The summed E-state index contributed by atoms with van der Waals surface area (Å²) in [6, 6.07) is 8.58. The third-order valence-electron chi connectivity index (χ3n) is 1.98. The lowest BCUT2D eigenvalue weighted by molar-refractivity contribution is 0.450. The SMILES string of the molecule is CO[SiH2]c1ccccc1C(C)C. The van der Waals surface area contributed by atoms with Crippen LogP contribution >= 0.6 is 0 Å². The summed E-state index contributed by atoms with van der Waals surface area (Å²) in [5.74, 6) is 0.615. The summed E-state index contributed by atoms with van der Waals surface area (Å²) in [6.07, 6.45) is 0. The topological polar surface area (TPSA) is 9.23 Å². The quantitative estimate of drug-likeness (QED) is 0.634. The smallest absolute Gasteiger partial charge is 0.191 e. The van der Waals surface area contributed by atoms with Gasteiger partial charge in [-0.1, -0.05) is 38.1 Å². The fourth-order valence-corrected chi connectivity index (χ4v) is 2.62. The molecule has 0 atom stereocenters. The van der Waals surface area contributed by atoms with E-state index in [1.807, 2.05) is 0 Å². The number of hydrogen-bond donors (Lipinski definition) is 0. The average molecular weight is 180 g/mol. The molecule has 0 aliphatic carbocycles. The molecule has 0 N–H and O–H groups in total. The van der Waals surface area contributed by atoms with Gasteiger partial charge in [0, 0.05) is 7.11 Å². The highest BCUT2D eigenvalue weighted by molar-refractivity contribution is 6.47. The number of rotatable bonds is 3. The molecule has 1 nitrogen and oxygen atoms in total. The molecule has 0 amide bonds. The first-order valence-electron chi connectivity index (χ1n) is 4.32. The molecule has 0 saturated carbocycles. The molecular weight excluding hydrogens is 164 g/mol. The minimum Gasteiger partial charge on any atom is -0.422 e. The van der Waals surface area contributed by atoms with Gasteiger partial charge in [0.1, 0.15) is 0 Å². The summed E-state index contributed by atoms with van der Waals surface area (Å²) in [5, 5.41) is 1.44. The Morgan fingerprint density at radius 3 is 2.50 bits per heavy atom. The molecule has 0 aliphatic heterocycles. The minimum absolute atomic E-state index is 0.473. The number of benzene rings is 1. The molecule has 2 heteroatoms. The van der Waals surface area contributed by atoms with Gasteiger partial charge in [-0.05, 0) is 16.7 Å². The van der Waals surface area contributed by atoms with Gasteiger partial charge in [0.25, 0.3) is 0 Å². The first-order valence-corrected chi connectivity index (χ1v) is 5.61. The zero-order valence-corrected chi connectivity index (χ0v) is 9.42. The third kappa shape index (κ3) is 2.19. The van der Waals surface area contributed by atoms with Crippen LogP contribution in [0.15, 0.2) is 24.3 Å². The van der Waals surface area contributed by atoms with E-state index in [9.17, 15) is 0 Å². The second kappa shape index (κ2) is 4.43. The summed E-state index contributed by atoms with van der Waals surface area (Å²) in [4.78, 5) is 0. The van der Waals surface area contributed by atoms with Gasteiger partial charge >= 0.3 is 0 Å². The van der Waals surface area contributed by atoms with E-state index in [2.05, 4.69) is 38.1 Å². The van der Waals surface area contributed by atoms with Crippen LogP contribution in [0.3, 0.4) is 0 Å². The number of hydrogen-bond acceptors (Lipinski definition) is 1. The van der Waals surface area contributed by atoms with E-state index >= 15 is 0 Å². The van der Waals surface area contributed by atoms with Crippen molar-refractivity contribution >= 4 is 14.9 Å². The Bertz CT molecular complexity index is 245. The Kier molecular flexibility index (Phi) is 3.50. The van der Waals surface area contributed by atoms with Crippen LogP contribution in [-0.2, 0) is 4.43 Å². The lowest BCUT2D eigenvalue weighted by Crippen LogP contribution is -2.21. The molecule has 1 rings (SSSR count). The molecule has 0 aromatic heterocycles. The van der Waals surface area contributed by atoms with Crippen molar-refractivity contribution in [1.82, 2.24) is 0 Å². The van der Waals surface area contributed by atoms with Crippen molar-refractivity contribution in [1.29, 1.82) is 0 Å². The van der Waals surface area contributed by atoms with Crippen LogP contribution in [0.1, 0.15) is 25.3 Å². The van der Waals surface area contributed by atoms with Gasteiger partial charge in [0.15, 0.2) is 9.76 Å². The normalized spacial score (nSPS) is 11.7. The third-order valence-corrected chi connectivity index (χ3v) is 3.22. The van der Waals surface area contributed by atoms with Gasteiger partial charge in [0.05, 0.1) is 0 Å². The molecule has 66 valence electrons. The van der Waals surface area contributed by atoms with E-state index in [1.54, 1.807) is 7.11 Å². The van der Waals surface area contributed by atoms with Gasteiger partial charge < -0.3 is 4.43 Å². The monoisotopic (exact) mass is 180 g/mol. The second-order valence-electron chi connectivity index (χ2n) is 3.29. The fraction of sp³-hybridized carbons (Fsp3) is 0.400. The van der Waals surface area contributed by atoms with Crippen molar-refractivity contribution in [3.05, 3.63) is 29.8 Å². The van der Waals surface area contributed by atoms with E-state index in [-0.39, 0.29) is 0 Å². The summed E-state index contributed by atoms with van der Waals surface area (Å²) in [6.45, 7) is 4.45. The van der Waals surface area contributed by atoms with Crippen LogP contribution in [0.2, 0.25) is 0 Å². The lowest BCUT2D eigenvalue weighted by atomic mass is 10.0. The van der Waals surface area contributed by atoms with Crippen LogP contribution in [0.5, 0.6) is 0 Å². The molecule has 0 aliphatic rings. The summed E-state index contributed by atoms with van der Waals surface area (Å²) in [7, 11) is 1.32. The largest absolute Gasteiger partial charge is 0.422 e. The molecule has 0 spiro atoms. The van der Waals surface area contributed by atoms with Crippen molar-refractivity contribution in [3.8, 4) is 0 Å². The highest BCUT2D eigenvalue weighted by atomic mass is 28.2. The molecule has 12 heavy (non-hydrogen) atoms. The van der Waals surface area contributed by atoms with Crippen molar-refractivity contribution < 1.29 is 4.43 Å². The van der Waals surface area contributed by atoms with Crippen LogP contribution in [0.25, 0.3) is 0 Å². The Labute approximate surface area is 76.7 Å². The van der Waals surface area contributed by atoms with E-state index in [0.29, 0.717) is 5.92 Å². The molecular formula is C10H16OSi. The molecule has 0 fully saturated rings. The second-order valence-corrected chi connectivity index (χ2v) is 4.91. The standard InChI is InChI=1S/C10H16OSi/c1-8(2)9-6-4-5-7-10(9)12-11-3/h4-8H,12H2,1-3H3. The van der Waals surface area contributed by atoms with E-state index in [1.165, 1.54) is 10.8 Å². The van der Waals surface area contributed by atoms with Gasteiger partial charge in [0.2, 0.25) is 0 Å². The van der Waals surface area contributed by atoms with Gasteiger partial charge in [-0.3, -0.25) is 0 Å². The Morgan fingerprint density at radius 2 is 1.92 bits per heavy atom. The first kappa shape index (κ1) is 9.48. The van der Waals surface area contributed by atoms with Crippen LogP contribution < -0.4 is 5.19 Å².